The first kappa shape index (κ1) is 17.5. The van der Waals surface area contributed by atoms with Gasteiger partial charge in [-0.1, -0.05) is 42.6 Å². The Labute approximate surface area is 132 Å². The summed E-state index contributed by atoms with van der Waals surface area (Å²) < 4.78 is 23.2. The Morgan fingerprint density at radius 3 is 2.40 bits per heavy atom. The molecule has 20 heavy (non-hydrogen) atoms. The summed E-state index contributed by atoms with van der Waals surface area (Å²) in [6.45, 7) is 4.70. The van der Waals surface area contributed by atoms with E-state index < -0.39 is 9.05 Å². The minimum Gasteiger partial charge on any atom is -0.352 e. The molecule has 4 nitrogen and oxygen atoms in total. The average Bonchev–Trinajstić information content (AvgIpc) is 2.38. The highest BCUT2D eigenvalue weighted by atomic mass is 79.9. The maximum absolute atomic E-state index is 12.0. The molecular weight excluding hydrogens is 366 g/mol. The van der Waals surface area contributed by atoms with E-state index in [0.717, 1.165) is 12.8 Å². The highest BCUT2D eigenvalue weighted by molar-refractivity contribution is 9.10. The molecule has 1 N–H and O–H groups in total. The molecule has 7 heteroatoms. The molecule has 1 amide bonds. The zero-order valence-corrected chi connectivity index (χ0v) is 14.5. The molecule has 112 valence electrons. The van der Waals surface area contributed by atoms with Crippen molar-refractivity contribution in [2.45, 2.75) is 31.6 Å². The summed E-state index contributed by atoms with van der Waals surface area (Å²) in [6, 6.07) is 4.20. The van der Waals surface area contributed by atoms with Crippen LogP contribution in [0.4, 0.5) is 0 Å². The van der Waals surface area contributed by atoms with E-state index >= 15 is 0 Å². The van der Waals surface area contributed by atoms with Gasteiger partial charge in [0, 0.05) is 27.3 Å². The normalized spacial score (nSPS) is 11.7. The van der Waals surface area contributed by atoms with Gasteiger partial charge in [0.2, 0.25) is 0 Å². The van der Waals surface area contributed by atoms with Gasteiger partial charge in [-0.25, -0.2) is 8.42 Å². The quantitative estimate of drug-likeness (QED) is 0.765. The van der Waals surface area contributed by atoms with Gasteiger partial charge in [0.15, 0.2) is 0 Å². The molecule has 0 fully saturated rings. The second-order valence-corrected chi connectivity index (χ2v) is 7.99. The molecule has 0 aromatic heterocycles. The van der Waals surface area contributed by atoms with Crippen molar-refractivity contribution in [3.63, 3.8) is 0 Å². The van der Waals surface area contributed by atoms with Crippen LogP contribution in [-0.2, 0) is 9.05 Å². The van der Waals surface area contributed by atoms with Crippen LogP contribution in [0.2, 0.25) is 0 Å². The van der Waals surface area contributed by atoms with E-state index in [1.807, 2.05) is 0 Å². The fourth-order valence-corrected chi connectivity index (χ4v) is 3.20. The monoisotopic (exact) mass is 381 g/mol. The van der Waals surface area contributed by atoms with E-state index in [1.165, 1.54) is 12.1 Å². The molecule has 0 bridgehead atoms. The average molecular weight is 383 g/mol. The van der Waals surface area contributed by atoms with Gasteiger partial charge in [-0.15, -0.1) is 0 Å². The molecule has 0 atom stereocenters. The minimum absolute atomic E-state index is 0.0961. The van der Waals surface area contributed by atoms with E-state index in [4.69, 9.17) is 10.7 Å². The summed E-state index contributed by atoms with van der Waals surface area (Å²) in [5, 5.41) is 2.81. The van der Waals surface area contributed by atoms with Gasteiger partial charge in [-0.3, -0.25) is 4.79 Å². The summed E-state index contributed by atoms with van der Waals surface area (Å²) in [6.07, 6.45) is 1.97. The van der Waals surface area contributed by atoms with Crippen LogP contribution in [0.15, 0.2) is 27.6 Å². The predicted molar refractivity (Wildman–Crippen MR) is 83.6 cm³/mol. The fourth-order valence-electron chi connectivity index (χ4n) is 1.75. The number of amides is 1. The lowest BCUT2D eigenvalue weighted by molar-refractivity contribution is 0.0946. The highest BCUT2D eigenvalue weighted by Crippen LogP contribution is 2.22. The third kappa shape index (κ3) is 5.07. The first-order valence-electron chi connectivity index (χ1n) is 6.31. The molecule has 1 aromatic carbocycles. The van der Waals surface area contributed by atoms with Crippen molar-refractivity contribution in [1.29, 1.82) is 0 Å². The summed E-state index contributed by atoms with van der Waals surface area (Å²) in [7, 11) is 1.44. The van der Waals surface area contributed by atoms with Crippen LogP contribution in [0.1, 0.15) is 37.0 Å². The van der Waals surface area contributed by atoms with Gasteiger partial charge in [0.05, 0.1) is 4.90 Å². The lowest BCUT2D eigenvalue weighted by Gasteiger charge is -2.13. The number of hydrogen-bond acceptors (Lipinski definition) is 3. The predicted octanol–water partition coefficient (Wildman–Crippen LogP) is 3.54. The van der Waals surface area contributed by atoms with E-state index in [1.54, 1.807) is 6.07 Å². The Hall–Kier alpha value is -0.590. The topological polar surface area (TPSA) is 63.2 Å². The van der Waals surface area contributed by atoms with Crippen molar-refractivity contribution in [2.75, 3.05) is 6.54 Å². The van der Waals surface area contributed by atoms with Gasteiger partial charge in [-0.2, -0.15) is 0 Å². The molecule has 0 aliphatic rings. The number of benzene rings is 1. The first-order valence-corrected chi connectivity index (χ1v) is 9.41. The maximum atomic E-state index is 12.0. The molecule has 1 aromatic rings. The number of carbonyl (C=O) groups excluding carboxylic acids is 1. The molecular formula is C13H17BrClNO3S. The van der Waals surface area contributed by atoms with Crippen LogP contribution < -0.4 is 5.32 Å². The zero-order valence-electron chi connectivity index (χ0n) is 11.3. The smallest absolute Gasteiger partial charge is 0.261 e. The number of hydrogen-bond donors (Lipinski definition) is 1. The van der Waals surface area contributed by atoms with Gasteiger partial charge in [-0.05, 0) is 24.1 Å². The largest absolute Gasteiger partial charge is 0.352 e. The lowest BCUT2D eigenvalue weighted by atomic mass is 10.0. The standard InChI is InChI=1S/C13H17BrClNO3S/c1-3-9(4-2)8-16-13(17)10-5-11(14)7-12(6-10)20(15,18)19/h5-7,9H,3-4,8H2,1-2H3,(H,16,17). The summed E-state index contributed by atoms with van der Waals surface area (Å²) in [5.74, 6) is 0.113. The van der Waals surface area contributed by atoms with Gasteiger partial charge in [0.25, 0.3) is 15.0 Å². The van der Waals surface area contributed by atoms with Crippen molar-refractivity contribution in [1.82, 2.24) is 5.32 Å². The van der Waals surface area contributed by atoms with Crippen molar-refractivity contribution in [3.8, 4) is 0 Å². The summed E-state index contributed by atoms with van der Waals surface area (Å²) in [4.78, 5) is 11.9. The molecule has 0 unspecified atom stereocenters. The van der Waals surface area contributed by atoms with Crippen molar-refractivity contribution in [3.05, 3.63) is 28.2 Å². The number of halogens is 2. The molecule has 1 rings (SSSR count). The van der Waals surface area contributed by atoms with Crippen LogP contribution in [0.5, 0.6) is 0 Å². The first-order chi connectivity index (χ1) is 9.27. The Kier molecular flexibility index (Phi) is 6.48. The van der Waals surface area contributed by atoms with Crippen LogP contribution in [0.25, 0.3) is 0 Å². The summed E-state index contributed by atoms with van der Waals surface area (Å²) >= 11 is 3.18. The molecule has 0 radical (unpaired) electrons. The van der Waals surface area contributed by atoms with Gasteiger partial charge < -0.3 is 5.32 Å². The summed E-state index contributed by atoms with van der Waals surface area (Å²) in [5.41, 5.74) is 0.268. The number of nitrogens with one attached hydrogen (secondary N) is 1. The van der Waals surface area contributed by atoms with Crippen LogP contribution >= 0.6 is 26.6 Å². The third-order valence-corrected chi connectivity index (χ3v) is 4.91. The van der Waals surface area contributed by atoms with Crippen LogP contribution in [0, 0.1) is 5.92 Å². The molecule has 0 saturated carbocycles. The zero-order chi connectivity index (χ0) is 15.3. The van der Waals surface area contributed by atoms with Crippen LogP contribution in [0.3, 0.4) is 0 Å². The maximum Gasteiger partial charge on any atom is 0.261 e. The molecule has 0 heterocycles. The Balaban J connectivity index is 2.91. The Morgan fingerprint density at radius 1 is 1.30 bits per heavy atom. The van der Waals surface area contributed by atoms with E-state index in [9.17, 15) is 13.2 Å². The third-order valence-electron chi connectivity index (χ3n) is 3.12. The molecule has 0 aliphatic heterocycles. The Bertz CT molecular complexity index is 585. The SMILES string of the molecule is CCC(CC)CNC(=O)c1cc(Br)cc(S(=O)(=O)Cl)c1. The Morgan fingerprint density at radius 2 is 1.90 bits per heavy atom. The number of carbonyl (C=O) groups is 1. The van der Waals surface area contributed by atoms with Crippen molar-refractivity contribution >= 4 is 41.6 Å². The fraction of sp³-hybridized carbons (Fsp3) is 0.462. The van der Waals surface area contributed by atoms with E-state index in [-0.39, 0.29) is 16.4 Å². The highest BCUT2D eigenvalue weighted by Gasteiger charge is 2.16. The molecule has 0 spiro atoms. The van der Waals surface area contributed by atoms with Gasteiger partial charge in [0.1, 0.15) is 0 Å². The minimum atomic E-state index is -3.86. The van der Waals surface area contributed by atoms with Crippen LogP contribution in [-0.4, -0.2) is 20.9 Å². The second-order valence-electron chi connectivity index (χ2n) is 4.51. The number of rotatable bonds is 6. The van der Waals surface area contributed by atoms with Crippen molar-refractivity contribution in [2.24, 2.45) is 5.92 Å². The lowest BCUT2D eigenvalue weighted by Crippen LogP contribution is -2.29. The molecule has 0 saturated heterocycles. The van der Waals surface area contributed by atoms with E-state index in [2.05, 4.69) is 35.1 Å². The van der Waals surface area contributed by atoms with Gasteiger partial charge >= 0.3 is 0 Å². The van der Waals surface area contributed by atoms with E-state index in [0.29, 0.717) is 16.9 Å². The van der Waals surface area contributed by atoms with Crippen molar-refractivity contribution < 1.29 is 13.2 Å². The molecule has 0 aliphatic carbocycles. The second kappa shape index (κ2) is 7.43.